The van der Waals surface area contributed by atoms with Crippen LogP contribution in [-0.4, -0.2) is 48.9 Å². The van der Waals surface area contributed by atoms with Crippen LogP contribution in [-0.2, 0) is 9.53 Å². The Morgan fingerprint density at radius 2 is 1.95 bits per heavy atom. The quantitative estimate of drug-likeness (QED) is 0.846. The van der Waals surface area contributed by atoms with Gasteiger partial charge in [0.2, 0.25) is 5.91 Å². The van der Waals surface area contributed by atoms with E-state index in [4.69, 9.17) is 4.74 Å². The third kappa shape index (κ3) is 5.26. The van der Waals surface area contributed by atoms with Gasteiger partial charge in [-0.2, -0.15) is 0 Å². The number of likely N-dealkylation sites (tertiary alicyclic amines) is 1. The lowest BCUT2D eigenvalue weighted by Crippen LogP contribution is -2.46. The Hall–Kier alpha value is -1.69. The molecule has 1 aromatic carbocycles. The van der Waals surface area contributed by atoms with Crippen LogP contribution < -0.4 is 5.32 Å². The highest BCUT2D eigenvalue weighted by atomic mass is 32.2. The lowest BCUT2D eigenvalue weighted by atomic mass is 10.1. The lowest BCUT2D eigenvalue weighted by molar-refractivity contribution is -0.121. The number of amides is 2. The zero-order valence-electron chi connectivity index (χ0n) is 12.8. The van der Waals surface area contributed by atoms with E-state index >= 15 is 0 Å². The molecule has 120 valence electrons. The highest BCUT2D eigenvalue weighted by Crippen LogP contribution is 2.18. The van der Waals surface area contributed by atoms with Crippen LogP contribution in [0.1, 0.15) is 19.3 Å². The molecule has 1 aromatic rings. The fourth-order valence-electron chi connectivity index (χ4n) is 2.41. The van der Waals surface area contributed by atoms with Crippen molar-refractivity contribution in [3.05, 3.63) is 30.3 Å². The molecule has 2 amide bonds. The van der Waals surface area contributed by atoms with Gasteiger partial charge < -0.3 is 15.0 Å². The maximum absolute atomic E-state index is 11.9. The molecule has 1 N–H and O–H groups in total. The van der Waals surface area contributed by atoms with E-state index in [1.165, 1.54) is 12.0 Å². The highest BCUT2D eigenvalue weighted by molar-refractivity contribution is 7.99. The first-order valence-corrected chi connectivity index (χ1v) is 8.47. The summed E-state index contributed by atoms with van der Waals surface area (Å²) in [6, 6.07) is 10.2. The minimum Gasteiger partial charge on any atom is -0.453 e. The van der Waals surface area contributed by atoms with Crippen LogP contribution >= 0.6 is 11.8 Å². The topological polar surface area (TPSA) is 58.6 Å². The second kappa shape index (κ2) is 8.68. The van der Waals surface area contributed by atoms with Crippen LogP contribution in [0.15, 0.2) is 35.2 Å². The van der Waals surface area contributed by atoms with Gasteiger partial charge in [0.1, 0.15) is 0 Å². The molecular weight excluding hydrogens is 300 g/mol. The van der Waals surface area contributed by atoms with Crippen molar-refractivity contribution >= 4 is 23.8 Å². The van der Waals surface area contributed by atoms with Gasteiger partial charge in [0.05, 0.1) is 7.11 Å². The van der Waals surface area contributed by atoms with E-state index in [9.17, 15) is 9.59 Å². The molecule has 0 bridgehead atoms. The number of piperidine rings is 1. The van der Waals surface area contributed by atoms with Gasteiger partial charge in [0, 0.05) is 36.2 Å². The van der Waals surface area contributed by atoms with E-state index in [1.807, 2.05) is 30.3 Å². The molecule has 1 heterocycles. The van der Waals surface area contributed by atoms with Crippen molar-refractivity contribution in [2.45, 2.75) is 30.2 Å². The van der Waals surface area contributed by atoms with Crippen molar-refractivity contribution in [2.24, 2.45) is 0 Å². The summed E-state index contributed by atoms with van der Waals surface area (Å²) in [5.74, 6) is 0.858. The van der Waals surface area contributed by atoms with E-state index in [-0.39, 0.29) is 18.0 Å². The Kier molecular flexibility index (Phi) is 6.58. The van der Waals surface area contributed by atoms with Crippen molar-refractivity contribution in [1.29, 1.82) is 0 Å². The van der Waals surface area contributed by atoms with Crippen molar-refractivity contribution in [3.63, 3.8) is 0 Å². The molecule has 0 aliphatic carbocycles. The van der Waals surface area contributed by atoms with Crippen molar-refractivity contribution in [3.8, 4) is 0 Å². The van der Waals surface area contributed by atoms with Crippen LogP contribution in [0.2, 0.25) is 0 Å². The molecule has 0 aromatic heterocycles. The molecule has 5 nitrogen and oxygen atoms in total. The number of carbonyl (C=O) groups excluding carboxylic acids is 2. The van der Waals surface area contributed by atoms with Crippen molar-refractivity contribution in [2.75, 3.05) is 26.0 Å². The Bertz CT molecular complexity index is 487. The van der Waals surface area contributed by atoms with Gasteiger partial charge >= 0.3 is 6.09 Å². The number of benzene rings is 1. The monoisotopic (exact) mass is 322 g/mol. The first-order chi connectivity index (χ1) is 10.7. The Labute approximate surface area is 135 Å². The van der Waals surface area contributed by atoms with E-state index in [1.54, 1.807) is 16.7 Å². The first-order valence-electron chi connectivity index (χ1n) is 7.49. The summed E-state index contributed by atoms with van der Waals surface area (Å²) in [7, 11) is 1.39. The summed E-state index contributed by atoms with van der Waals surface area (Å²) in [5, 5.41) is 3.05. The standard InChI is InChI=1S/C16H22N2O3S/c1-21-16(20)18-10-7-13(8-11-18)17-15(19)9-12-22-14-5-3-2-4-6-14/h2-6,13H,7-12H2,1H3,(H,17,19). The molecule has 0 saturated carbocycles. The van der Waals surface area contributed by atoms with Crippen molar-refractivity contribution in [1.82, 2.24) is 10.2 Å². The number of nitrogens with zero attached hydrogens (tertiary/aromatic N) is 1. The Morgan fingerprint density at radius 3 is 2.59 bits per heavy atom. The summed E-state index contributed by atoms with van der Waals surface area (Å²) in [6.07, 6.45) is 1.79. The van der Waals surface area contributed by atoms with Gasteiger partial charge in [-0.1, -0.05) is 18.2 Å². The summed E-state index contributed by atoms with van der Waals surface area (Å²) < 4.78 is 4.70. The molecule has 1 saturated heterocycles. The maximum atomic E-state index is 11.9. The Balaban J connectivity index is 1.63. The summed E-state index contributed by atoms with van der Waals surface area (Å²) in [4.78, 5) is 26.2. The fourth-order valence-corrected chi connectivity index (χ4v) is 3.29. The van der Waals surface area contributed by atoms with Crippen LogP contribution in [0.25, 0.3) is 0 Å². The van der Waals surface area contributed by atoms with Crippen LogP contribution in [0.3, 0.4) is 0 Å². The van der Waals surface area contributed by atoms with E-state index in [2.05, 4.69) is 5.32 Å². The second-order valence-corrected chi connectivity index (χ2v) is 6.38. The molecule has 1 fully saturated rings. The third-order valence-electron chi connectivity index (χ3n) is 3.63. The van der Waals surface area contributed by atoms with Crippen LogP contribution in [0.5, 0.6) is 0 Å². The first kappa shape index (κ1) is 16.7. The molecule has 1 aliphatic heterocycles. The van der Waals surface area contributed by atoms with E-state index in [0.29, 0.717) is 19.5 Å². The fraction of sp³-hybridized carbons (Fsp3) is 0.500. The van der Waals surface area contributed by atoms with Gasteiger partial charge in [-0.3, -0.25) is 4.79 Å². The van der Waals surface area contributed by atoms with E-state index < -0.39 is 0 Å². The van der Waals surface area contributed by atoms with Gasteiger partial charge in [-0.05, 0) is 25.0 Å². The minimum atomic E-state index is -0.288. The maximum Gasteiger partial charge on any atom is 0.409 e. The van der Waals surface area contributed by atoms with Gasteiger partial charge in [-0.15, -0.1) is 11.8 Å². The van der Waals surface area contributed by atoms with Gasteiger partial charge in [-0.25, -0.2) is 4.79 Å². The predicted octanol–water partition coefficient (Wildman–Crippen LogP) is 2.52. The lowest BCUT2D eigenvalue weighted by Gasteiger charge is -2.31. The average Bonchev–Trinajstić information content (AvgIpc) is 2.56. The van der Waals surface area contributed by atoms with Crippen LogP contribution in [0, 0.1) is 0 Å². The molecule has 0 unspecified atom stereocenters. The normalized spacial score (nSPS) is 15.4. The summed E-state index contributed by atoms with van der Waals surface area (Å²) in [6.45, 7) is 1.27. The zero-order chi connectivity index (χ0) is 15.8. The number of nitrogens with one attached hydrogen (secondary N) is 1. The number of ether oxygens (including phenoxy) is 1. The molecule has 22 heavy (non-hydrogen) atoms. The SMILES string of the molecule is COC(=O)N1CCC(NC(=O)CCSc2ccccc2)CC1. The van der Waals surface area contributed by atoms with Crippen molar-refractivity contribution < 1.29 is 14.3 Å². The predicted molar refractivity (Wildman–Crippen MR) is 86.9 cm³/mol. The molecule has 0 radical (unpaired) electrons. The van der Waals surface area contributed by atoms with E-state index in [0.717, 1.165) is 18.6 Å². The van der Waals surface area contributed by atoms with Gasteiger partial charge in [0.25, 0.3) is 0 Å². The summed E-state index contributed by atoms with van der Waals surface area (Å²) >= 11 is 1.69. The van der Waals surface area contributed by atoms with Gasteiger partial charge in [0.15, 0.2) is 0 Å². The summed E-state index contributed by atoms with van der Waals surface area (Å²) in [5.41, 5.74) is 0. The molecule has 1 aliphatic rings. The Morgan fingerprint density at radius 1 is 1.27 bits per heavy atom. The zero-order valence-corrected chi connectivity index (χ0v) is 13.6. The smallest absolute Gasteiger partial charge is 0.409 e. The number of rotatable bonds is 5. The number of thioether (sulfide) groups is 1. The highest BCUT2D eigenvalue weighted by Gasteiger charge is 2.23. The number of methoxy groups -OCH3 is 1. The molecule has 0 atom stereocenters. The molecular formula is C16H22N2O3S. The second-order valence-electron chi connectivity index (χ2n) is 5.21. The number of hydrogen-bond donors (Lipinski definition) is 1. The number of carbonyl (C=O) groups is 2. The average molecular weight is 322 g/mol. The molecule has 2 rings (SSSR count). The largest absolute Gasteiger partial charge is 0.453 e. The molecule has 0 spiro atoms. The van der Waals surface area contributed by atoms with Crippen LogP contribution in [0.4, 0.5) is 4.79 Å². The third-order valence-corrected chi connectivity index (χ3v) is 4.65. The molecule has 6 heteroatoms. The number of hydrogen-bond acceptors (Lipinski definition) is 4. The minimum absolute atomic E-state index is 0.0833.